The summed E-state index contributed by atoms with van der Waals surface area (Å²) in [6.07, 6.45) is 0. The minimum absolute atomic E-state index is 0.00508. The van der Waals surface area contributed by atoms with Crippen LogP contribution in [0.3, 0.4) is 0 Å². The summed E-state index contributed by atoms with van der Waals surface area (Å²) in [5, 5.41) is 5.57. The maximum absolute atomic E-state index is 12.5. The molecule has 162 valence electrons. The number of hydrogen-bond acceptors (Lipinski definition) is 6. The molecule has 3 aromatic carbocycles. The minimum Gasteiger partial charge on any atom is -0.452 e. The summed E-state index contributed by atoms with van der Waals surface area (Å²) in [6.45, 7) is -0.592. The van der Waals surface area contributed by atoms with Crippen molar-refractivity contribution in [3.8, 4) is 0 Å². The monoisotopic (exact) mass is 432 g/mol. The predicted molar refractivity (Wildman–Crippen MR) is 119 cm³/mol. The standard InChI is InChI=1S/C23H20N4O5/c24-21(29)14-10-15(22(25)30)12-17(11-14)27-20(28)13-32-23(31)18-8-4-5-9-19(18)26-16-6-2-1-3-7-16/h1-12,26H,13H2,(H2,24,29)(H2,25,30)(H,27,28). The van der Waals surface area contributed by atoms with E-state index in [0.717, 1.165) is 5.69 Å². The van der Waals surface area contributed by atoms with E-state index >= 15 is 0 Å². The molecular weight excluding hydrogens is 412 g/mol. The first kappa shape index (κ1) is 22.0. The van der Waals surface area contributed by atoms with Crippen molar-refractivity contribution in [2.45, 2.75) is 0 Å². The molecule has 0 heterocycles. The van der Waals surface area contributed by atoms with Gasteiger partial charge in [-0.3, -0.25) is 14.4 Å². The van der Waals surface area contributed by atoms with Crippen molar-refractivity contribution in [2.24, 2.45) is 11.5 Å². The number of carbonyl (C=O) groups is 4. The fourth-order valence-electron chi connectivity index (χ4n) is 2.84. The lowest BCUT2D eigenvalue weighted by Crippen LogP contribution is -2.22. The Morgan fingerprint density at radius 2 is 1.34 bits per heavy atom. The number of primary amides is 2. The van der Waals surface area contributed by atoms with Gasteiger partial charge in [-0.15, -0.1) is 0 Å². The van der Waals surface area contributed by atoms with Crippen LogP contribution in [0.25, 0.3) is 0 Å². The molecule has 0 bridgehead atoms. The molecular formula is C23H20N4O5. The Labute approximate surface area is 183 Å². The first-order chi connectivity index (χ1) is 15.3. The van der Waals surface area contributed by atoms with Crippen molar-refractivity contribution in [2.75, 3.05) is 17.2 Å². The maximum Gasteiger partial charge on any atom is 0.340 e. The highest BCUT2D eigenvalue weighted by Crippen LogP contribution is 2.21. The lowest BCUT2D eigenvalue weighted by atomic mass is 10.1. The minimum atomic E-state index is -0.794. The Kier molecular flexibility index (Phi) is 6.81. The van der Waals surface area contributed by atoms with Crippen LogP contribution in [-0.4, -0.2) is 30.3 Å². The quantitative estimate of drug-likeness (QED) is 0.401. The van der Waals surface area contributed by atoms with Crippen LogP contribution < -0.4 is 22.1 Å². The van der Waals surface area contributed by atoms with E-state index in [-0.39, 0.29) is 22.4 Å². The molecule has 0 aliphatic heterocycles. The Bertz CT molecular complexity index is 1150. The summed E-state index contributed by atoms with van der Waals surface area (Å²) in [6, 6.07) is 19.8. The molecule has 0 atom stereocenters. The number of rotatable bonds is 8. The van der Waals surface area contributed by atoms with Gasteiger partial charge in [0.15, 0.2) is 6.61 Å². The zero-order valence-corrected chi connectivity index (χ0v) is 16.8. The third-order valence-corrected chi connectivity index (χ3v) is 4.32. The number of anilines is 3. The number of hydrogen-bond donors (Lipinski definition) is 4. The lowest BCUT2D eigenvalue weighted by molar-refractivity contribution is -0.119. The molecule has 0 saturated carbocycles. The summed E-state index contributed by atoms with van der Waals surface area (Å²) >= 11 is 0. The number of benzene rings is 3. The Balaban J connectivity index is 1.67. The Morgan fingerprint density at radius 3 is 1.97 bits per heavy atom. The van der Waals surface area contributed by atoms with E-state index in [1.54, 1.807) is 24.3 Å². The van der Waals surface area contributed by atoms with Crippen LogP contribution in [0.4, 0.5) is 17.1 Å². The van der Waals surface area contributed by atoms with Gasteiger partial charge in [-0.1, -0.05) is 30.3 Å². The normalized spacial score (nSPS) is 10.1. The molecule has 9 nitrogen and oxygen atoms in total. The number of esters is 1. The third-order valence-electron chi connectivity index (χ3n) is 4.32. The number of carbonyl (C=O) groups excluding carboxylic acids is 4. The van der Waals surface area contributed by atoms with Crippen LogP contribution in [0.5, 0.6) is 0 Å². The van der Waals surface area contributed by atoms with Gasteiger partial charge in [0.05, 0.1) is 11.3 Å². The van der Waals surface area contributed by atoms with Crippen LogP contribution in [-0.2, 0) is 9.53 Å². The highest BCUT2D eigenvalue weighted by molar-refractivity contribution is 6.02. The molecule has 3 rings (SSSR count). The number of nitrogens with one attached hydrogen (secondary N) is 2. The smallest absolute Gasteiger partial charge is 0.340 e. The fraction of sp³-hybridized carbons (Fsp3) is 0.0435. The second-order valence-electron chi connectivity index (χ2n) is 6.69. The molecule has 32 heavy (non-hydrogen) atoms. The van der Waals surface area contributed by atoms with Crippen molar-refractivity contribution in [3.63, 3.8) is 0 Å². The Morgan fingerprint density at radius 1 is 0.750 bits per heavy atom. The topological polar surface area (TPSA) is 154 Å². The molecule has 3 aromatic rings. The van der Waals surface area contributed by atoms with E-state index < -0.39 is 30.3 Å². The van der Waals surface area contributed by atoms with Crippen LogP contribution in [0.15, 0.2) is 72.8 Å². The molecule has 0 saturated heterocycles. The van der Waals surface area contributed by atoms with Gasteiger partial charge >= 0.3 is 5.97 Å². The molecule has 3 amide bonds. The highest BCUT2D eigenvalue weighted by atomic mass is 16.5. The lowest BCUT2D eigenvalue weighted by Gasteiger charge is -2.12. The van der Waals surface area contributed by atoms with E-state index in [1.165, 1.54) is 18.2 Å². The molecule has 0 spiro atoms. The zero-order valence-electron chi connectivity index (χ0n) is 16.8. The SMILES string of the molecule is NC(=O)c1cc(NC(=O)COC(=O)c2ccccc2Nc2ccccc2)cc(C(N)=O)c1. The number of nitrogens with two attached hydrogens (primary N) is 2. The molecule has 0 aliphatic rings. The second-order valence-corrected chi connectivity index (χ2v) is 6.69. The van der Waals surface area contributed by atoms with Gasteiger partial charge < -0.3 is 26.8 Å². The summed E-state index contributed by atoms with van der Waals surface area (Å²) in [5.41, 5.74) is 12.1. The van der Waals surface area contributed by atoms with Gasteiger partial charge in [-0.05, 0) is 42.5 Å². The number of amides is 3. The summed E-state index contributed by atoms with van der Waals surface area (Å²) < 4.78 is 5.12. The van der Waals surface area contributed by atoms with Crippen LogP contribution in [0.1, 0.15) is 31.1 Å². The molecule has 0 fully saturated rings. The maximum atomic E-state index is 12.5. The van der Waals surface area contributed by atoms with Gasteiger partial charge in [0.25, 0.3) is 5.91 Å². The van der Waals surface area contributed by atoms with Crippen molar-refractivity contribution in [1.29, 1.82) is 0 Å². The van der Waals surface area contributed by atoms with Crippen LogP contribution >= 0.6 is 0 Å². The van der Waals surface area contributed by atoms with Gasteiger partial charge in [0, 0.05) is 22.5 Å². The molecule has 0 aromatic heterocycles. The predicted octanol–water partition coefficient (Wildman–Crippen LogP) is 2.42. The highest BCUT2D eigenvalue weighted by Gasteiger charge is 2.16. The summed E-state index contributed by atoms with van der Waals surface area (Å²) in [4.78, 5) is 47.6. The second kappa shape index (κ2) is 9.90. The van der Waals surface area contributed by atoms with E-state index in [1.807, 2.05) is 30.3 Å². The molecule has 9 heteroatoms. The third kappa shape index (κ3) is 5.70. The fourth-order valence-corrected chi connectivity index (χ4v) is 2.84. The van der Waals surface area contributed by atoms with E-state index in [2.05, 4.69) is 10.6 Å². The molecule has 6 N–H and O–H groups in total. The van der Waals surface area contributed by atoms with Gasteiger partial charge in [0.2, 0.25) is 11.8 Å². The van der Waals surface area contributed by atoms with Crippen molar-refractivity contribution in [1.82, 2.24) is 0 Å². The van der Waals surface area contributed by atoms with E-state index in [9.17, 15) is 19.2 Å². The number of para-hydroxylation sites is 2. The average Bonchev–Trinajstić information content (AvgIpc) is 2.78. The summed E-state index contributed by atoms with van der Waals surface area (Å²) in [7, 11) is 0. The van der Waals surface area contributed by atoms with Crippen molar-refractivity contribution in [3.05, 3.63) is 89.5 Å². The van der Waals surface area contributed by atoms with Crippen LogP contribution in [0, 0.1) is 0 Å². The van der Waals surface area contributed by atoms with Crippen LogP contribution in [0.2, 0.25) is 0 Å². The van der Waals surface area contributed by atoms with Gasteiger partial charge in [-0.2, -0.15) is 0 Å². The first-order valence-electron chi connectivity index (χ1n) is 9.46. The zero-order chi connectivity index (χ0) is 23.1. The average molecular weight is 432 g/mol. The van der Waals surface area contributed by atoms with Crippen molar-refractivity contribution < 1.29 is 23.9 Å². The molecule has 0 aliphatic carbocycles. The van der Waals surface area contributed by atoms with E-state index in [4.69, 9.17) is 16.2 Å². The van der Waals surface area contributed by atoms with Crippen molar-refractivity contribution >= 4 is 40.8 Å². The Hall–Kier alpha value is -4.66. The first-order valence-corrected chi connectivity index (χ1v) is 9.46. The van der Waals surface area contributed by atoms with E-state index in [0.29, 0.717) is 5.69 Å². The number of ether oxygens (including phenoxy) is 1. The summed E-state index contributed by atoms with van der Waals surface area (Å²) in [5.74, 6) is -2.97. The molecule has 0 radical (unpaired) electrons. The van der Waals surface area contributed by atoms with Gasteiger partial charge in [0.1, 0.15) is 0 Å². The van der Waals surface area contributed by atoms with Gasteiger partial charge in [-0.25, -0.2) is 4.79 Å². The molecule has 0 unspecified atom stereocenters. The largest absolute Gasteiger partial charge is 0.452 e.